The van der Waals surface area contributed by atoms with E-state index < -0.39 is 0 Å². The van der Waals surface area contributed by atoms with E-state index in [0.717, 1.165) is 16.7 Å². The number of carbonyl (C=O) groups excluding carboxylic acids is 1. The molecule has 0 N–H and O–H groups in total. The van der Waals surface area contributed by atoms with Gasteiger partial charge in [-0.3, -0.25) is 4.79 Å². The lowest BCUT2D eigenvalue weighted by Gasteiger charge is -2.08. The molecule has 2 heteroatoms. The Labute approximate surface area is 93.5 Å². The second-order valence-corrected chi connectivity index (χ2v) is 3.66. The molecule has 0 aliphatic heterocycles. The van der Waals surface area contributed by atoms with E-state index in [2.05, 4.69) is 0 Å². The molecule has 1 nitrogen and oxygen atoms in total. The van der Waals surface area contributed by atoms with Crippen LogP contribution in [0.15, 0.2) is 42.5 Å². The molecule has 2 aromatic carbocycles. The van der Waals surface area contributed by atoms with E-state index in [0.29, 0.717) is 11.8 Å². The van der Waals surface area contributed by atoms with Crippen LogP contribution in [0.3, 0.4) is 0 Å². The van der Waals surface area contributed by atoms with Crippen LogP contribution < -0.4 is 0 Å². The van der Waals surface area contributed by atoms with Gasteiger partial charge in [0.2, 0.25) is 0 Å². The zero-order valence-corrected chi connectivity index (χ0v) is 8.91. The molecule has 0 heterocycles. The minimum atomic E-state index is -0.389. The monoisotopic (exact) mass is 214 g/mol. The molecule has 0 radical (unpaired) electrons. The van der Waals surface area contributed by atoms with E-state index >= 15 is 0 Å². The summed E-state index contributed by atoms with van der Waals surface area (Å²) in [5.74, 6) is -0.389. The molecule has 2 rings (SSSR count). The molecular weight excluding hydrogens is 203 g/mol. The van der Waals surface area contributed by atoms with Crippen molar-refractivity contribution in [2.45, 2.75) is 6.92 Å². The highest BCUT2D eigenvalue weighted by molar-refractivity contribution is 5.88. The second-order valence-electron chi connectivity index (χ2n) is 3.66. The van der Waals surface area contributed by atoms with E-state index in [-0.39, 0.29) is 5.82 Å². The quantitative estimate of drug-likeness (QED) is 0.698. The number of aryl methyl sites for hydroxylation is 1. The highest BCUT2D eigenvalue weighted by atomic mass is 19.1. The molecular formula is C14H11FO. The normalized spacial score (nSPS) is 10.1. The lowest BCUT2D eigenvalue weighted by atomic mass is 9.96. The number of benzene rings is 2. The first kappa shape index (κ1) is 10.6. The van der Waals surface area contributed by atoms with E-state index in [1.54, 1.807) is 6.07 Å². The Balaban J connectivity index is 2.65. The van der Waals surface area contributed by atoms with Gasteiger partial charge in [0.25, 0.3) is 0 Å². The number of hydrogen-bond donors (Lipinski definition) is 0. The molecule has 80 valence electrons. The third kappa shape index (κ3) is 1.87. The molecule has 0 atom stereocenters. The van der Waals surface area contributed by atoms with Crippen molar-refractivity contribution in [1.82, 2.24) is 0 Å². The number of halogens is 1. The summed E-state index contributed by atoms with van der Waals surface area (Å²) < 4.78 is 13.0. The average Bonchev–Trinajstić information content (AvgIpc) is 2.30. The molecule has 0 amide bonds. The van der Waals surface area contributed by atoms with Gasteiger partial charge in [-0.2, -0.15) is 0 Å². The lowest BCUT2D eigenvalue weighted by Crippen LogP contribution is -1.91. The first-order valence-corrected chi connectivity index (χ1v) is 5.03. The van der Waals surface area contributed by atoms with Gasteiger partial charge in [0.15, 0.2) is 6.29 Å². The van der Waals surface area contributed by atoms with Gasteiger partial charge in [-0.1, -0.05) is 30.3 Å². The van der Waals surface area contributed by atoms with Crippen molar-refractivity contribution < 1.29 is 9.18 Å². The molecule has 0 fully saturated rings. The van der Waals surface area contributed by atoms with Gasteiger partial charge in [-0.25, -0.2) is 4.39 Å². The average molecular weight is 214 g/mol. The highest BCUT2D eigenvalue weighted by Gasteiger charge is 2.07. The standard InChI is InChI=1S/C14H11FO/c1-10-4-2-3-5-13(10)14-7-6-12(15)8-11(14)9-16/h2-9H,1H3. The van der Waals surface area contributed by atoms with Gasteiger partial charge in [0.05, 0.1) is 0 Å². The predicted octanol–water partition coefficient (Wildman–Crippen LogP) is 3.61. The summed E-state index contributed by atoms with van der Waals surface area (Å²) in [5.41, 5.74) is 3.19. The van der Waals surface area contributed by atoms with Crippen LogP contribution in [-0.2, 0) is 0 Å². The fourth-order valence-electron chi connectivity index (χ4n) is 1.75. The van der Waals surface area contributed by atoms with Crippen molar-refractivity contribution in [2.75, 3.05) is 0 Å². The summed E-state index contributed by atoms with van der Waals surface area (Å²) in [6, 6.07) is 12.0. The van der Waals surface area contributed by atoms with Crippen molar-refractivity contribution in [3.63, 3.8) is 0 Å². The molecule has 0 bridgehead atoms. The zero-order chi connectivity index (χ0) is 11.5. The van der Waals surface area contributed by atoms with E-state index in [1.165, 1.54) is 12.1 Å². The van der Waals surface area contributed by atoms with Crippen LogP contribution in [0.2, 0.25) is 0 Å². The summed E-state index contributed by atoms with van der Waals surface area (Å²) in [5, 5.41) is 0. The van der Waals surface area contributed by atoms with Crippen molar-refractivity contribution in [1.29, 1.82) is 0 Å². The largest absolute Gasteiger partial charge is 0.298 e. The summed E-state index contributed by atoms with van der Waals surface area (Å²) in [6.45, 7) is 1.97. The first-order chi connectivity index (χ1) is 7.72. The number of carbonyl (C=O) groups is 1. The van der Waals surface area contributed by atoms with Crippen molar-refractivity contribution >= 4 is 6.29 Å². The van der Waals surface area contributed by atoms with Gasteiger partial charge < -0.3 is 0 Å². The SMILES string of the molecule is Cc1ccccc1-c1ccc(F)cc1C=O. The number of hydrogen-bond acceptors (Lipinski definition) is 1. The lowest BCUT2D eigenvalue weighted by molar-refractivity contribution is 0.112. The summed E-state index contributed by atoms with van der Waals surface area (Å²) in [6.07, 6.45) is 0.685. The van der Waals surface area contributed by atoms with Crippen LogP contribution in [0.1, 0.15) is 15.9 Å². The summed E-state index contributed by atoms with van der Waals surface area (Å²) in [7, 11) is 0. The van der Waals surface area contributed by atoms with E-state index in [4.69, 9.17) is 0 Å². The zero-order valence-electron chi connectivity index (χ0n) is 8.91. The van der Waals surface area contributed by atoms with Gasteiger partial charge >= 0.3 is 0 Å². The minimum absolute atomic E-state index is 0.384. The summed E-state index contributed by atoms with van der Waals surface area (Å²) >= 11 is 0. The maximum absolute atomic E-state index is 13.0. The maximum Gasteiger partial charge on any atom is 0.150 e. The van der Waals surface area contributed by atoms with Crippen LogP contribution in [0, 0.1) is 12.7 Å². The molecule has 0 spiro atoms. The molecule has 16 heavy (non-hydrogen) atoms. The Hall–Kier alpha value is -1.96. The van der Waals surface area contributed by atoms with Crippen LogP contribution in [0.5, 0.6) is 0 Å². The van der Waals surface area contributed by atoms with Crippen LogP contribution in [0.25, 0.3) is 11.1 Å². The fourth-order valence-corrected chi connectivity index (χ4v) is 1.75. The van der Waals surface area contributed by atoms with Crippen molar-refractivity contribution in [3.8, 4) is 11.1 Å². The van der Waals surface area contributed by atoms with Gasteiger partial charge in [-0.15, -0.1) is 0 Å². The third-order valence-corrected chi connectivity index (χ3v) is 2.58. The first-order valence-electron chi connectivity index (χ1n) is 5.03. The Morgan fingerprint density at radius 3 is 2.50 bits per heavy atom. The summed E-state index contributed by atoms with van der Waals surface area (Å²) in [4.78, 5) is 10.9. The fraction of sp³-hybridized carbons (Fsp3) is 0.0714. The van der Waals surface area contributed by atoms with Gasteiger partial charge in [0.1, 0.15) is 5.82 Å². The van der Waals surface area contributed by atoms with Crippen molar-refractivity contribution in [3.05, 3.63) is 59.4 Å². The topological polar surface area (TPSA) is 17.1 Å². The van der Waals surface area contributed by atoms with Gasteiger partial charge in [0, 0.05) is 5.56 Å². The van der Waals surface area contributed by atoms with Crippen LogP contribution in [0.4, 0.5) is 4.39 Å². The van der Waals surface area contributed by atoms with Crippen LogP contribution >= 0.6 is 0 Å². The second kappa shape index (κ2) is 4.27. The predicted molar refractivity (Wildman–Crippen MR) is 62.0 cm³/mol. The number of rotatable bonds is 2. The molecule has 0 saturated carbocycles. The molecule has 0 saturated heterocycles. The third-order valence-electron chi connectivity index (χ3n) is 2.58. The van der Waals surface area contributed by atoms with E-state index in [9.17, 15) is 9.18 Å². The number of aldehydes is 1. The highest BCUT2D eigenvalue weighted by Crippen LogP contribution is 2.26. The Morgan fingerprint density at radius 2 is 1.81 bits per heavy atom. The smallest absolute Gasteiger partial charge is 0.150 e. The molecule has 0 aliphatic carbocycles. The Bertz CT molecular complexity index is 532. The van der Waals surface area contributed by atoms with Crippen molar-refractivity contribution in [2.24, 2.45) is 0 Å². The Morgan fingerprint density at radius 1 is 1.06 bits per heavy atom. The van der Waals surface area contributed by atoms with E-state index in [1.807, 2.05) is 31.2 Å². The Kier molecular flexibility index (Phi) is 2.82. The molecule has 0 unspecified atom stereocenters. The molecule has 2 aromatic rings. The van der Waals surface area contributed by atoms with Crippen LogP contribution in [-0.4, -0.2) is 6.29 Å². The van der Waals surface area contributed by atoms with Gasteiger partial charge in [-0.05, 0) is 35.7 Å². The molecule has 0 aliphatic rings. The molecule has 0 aromatic heterocycles. The minimum Gasteiger partial charge on any atom is -0.298 e. The maximum atomic E-state index is 13.0.